The van der Waals surface area contributed by atoms with Crippen LogP contribution in [0.15, 0.2) is 25.5 Å². The van der Waals surface area contributed by atoms with Gasteiger partial charge in [-0.1, -0.05) is 58.1 Å². The Labute approximate surface area is 401 Å². The molecule has 0 amide bonds. The summed E-state index contributed by atoms with van der Waals surface area (Å²) in [5.74, 6) is 3.96. The number of rotatable bonds is 36. The van der Waals surface area contributed by atoms with Crippen molar-refractivity contribution in [3.63, 3.8) is 0 Å². The van der Waals surface area contributed by atoms with Gasteiger partial charge in [0.05, 0.1) is 110 Å². The van der Waals surface area contributed by atoms with Gasteiger partial charge >= 0.3 is 0 Å². The van der Waals surface area contributed by atoms with Gasteiger partial charge in [-0.2, -0.15) is 0 Å². The molecule has 0 aliphatic rings. The minimum atomic E-state index is -2.77. The fourth-order valence-electron chi connectivity index (χ4n) is 3.38. The van der Waals surface area contributed by atoms with Crippen molar-refractivity contribution in [2.45, 2.75) is 126 Å². The number of hydrogen-bond acceptors (Lipinski definition) is 13. The molecule has 0 saturated heterocycles. The molecule has 0 fully saturated rings. The van der Waals surface area contributed by atoms with Crippen molar-refractivity contribution in [1.82, 2.24) is 0 Å². The summed E-state index contributed by atoms with van der Waals surface area (Å²) >= 11 is 0. The van der Waals surface area contributed by atoms with Crippen LogP contribution >= 0.6 is 0 Å². The van der Waals surface area contributed by atoms with E-state index < -0.39 is 18.4 Å². The molecule has 0 aliphatic heterocycles. The Morgan fingerprint density at radius 1 is 0.545 bits per heavy atom. The number of ether oxygens (including phenoxy) is 12. The lowest BCUT2D eigenvalue weighted by Gasteiger charge is -2.19. The van der Waals surface area contributed by atoms with Gasteiger partial charge < -0.3 is 56.8 Å². The first-order chi connectivity index (χ1) is 31.3. The molecule has 390 valence electrons. The molecule has 0 bridgehead atoms. The van der Waals surface area contributed by atoms with Gasteiger partial charge in [0.1, 0.15) is 38.8 Å². The Morgan fingerprint density at radius 2 is 0.924 bits per heavy atom. The van der Waals surface area contributed by atoms with E-state index in [1.165, 1.54) is 20.1 Å². The third kappa shape index (κ3) is 84.5. The fourth-order valence-corrected chi connectivity index (χ4v) is 3.38. The van der Waals surface area contributed by atoms with Crippen LogP contribution in [0.2, 0.25) is 0 Å². The van der Waals surface area contributed by atoms with Crippen molar-refractivity contribution >= 4 is 5.78 Å². The highest BCUT2D eigenvalue weighted by molar-refractivity contribution is 5.80. The van der Waals surface area contributed by atoms with Gasteiger partial charge in [0.15, 0.2) is 0 Å². The van der Waals surface area contributed by atoms with Crippen LogP contribution in [0.1, 0.15) is 95.9 Å². The van der Waals surface area contributed by atoms with Crippen LogP contribution < -0.4 is 0 Å². The Balaban J connectivity index is -0.000000166. The molecule has 15 heteroatoms. The maximum atomic E-state index is 12.9. The lowest BCUT2D eigenvalue weighted by Crippen LogP contribution is -2.30. The predicted molar refractivity (Wildman–Crippen MR) is 263 cm³/mol. The summed E-state index contributed by atoms with van der Waals surface area (Å²) < 4.78 is 86.2. The summed E-state index contributed by atoms with van der Waals surface area (Å²) in [6.07, 6.45) is 20.6. The highest BCUT2D eigenvalue weighted by Gasteiger charge is 2.33. The van der Waals surface area contributed by atoms with Crippen molar-refractivity contribution in [3.05, 3.63) is 25.5 Å². The molecule has 0 aromatic carbocycles. The van der Waals surface area contributed by atoms with E-state index in [1.807, 2.05) is 69.2 Å². The number of hydrogen-bond donors (Lipinski definition) is 0. The number of terminal acetylenes is 3. The molecule has 0 radical (unpaired) electrons. The number of ketones is 1. The summed E-state index contributed by atoms with van der Waals surface area (Å²) in [5.41, 5.74) is 0. The van der Waals surface area contributed by atoms with Crippen LogP contribution in [0.5, 0.6) is 0 Å². The van der Waals surface area contributed by atoms with Crippen LogP contribution in [0, 0.1) is 48.9 Å². The van der Waals surface area contributed by atoms with Gasteiger partial charge in [-0.25, -0.2) is 8.78 Å². The second-order valence-corrected chi connectivity index (χ2v) is 15.1. The molecule has 0 atom stereocenters. The van der Waals surface area contributed by atoms with Gasteiger partial charge in [0.2, 0.25) is 0 Å². The van der Waals surface area contributed by atoms with Gasteiger partial charge in [-0.05, 0) is 61.8 Å². The zero-order chi connectivity index (χ0) is 51.7. The van der Waals surface area contributed by atoms with Gasteiger partial charge in [0.25, 0.3) is 5.92 Å². The second kappa shape index (κ2) is 62.1. The SMILES string of the molecule is C#CCOCCOC(C)C.C#CCOCCOCC(F)(F)C(C)C.C#CCOCCOCCCC(=O)C(C)C.C=CCOCCOC(C)C.C=COCCOC(C)C.COCCOC(C)C. The van der Waals surface area contributed by atoms with Gasteiger partial charge in [0, 0.05) is 32.0 Å². The van der Waals surface area contributed by atoms with Crippen LogP contribution in [-0.2, 0) is 61.6 Å². The first-order valence-electron chi connectivity index (χ1n) is 22.7. The molecule has 0 spiro atoms. The van der Waals surface area contributed by atoms with Crippen molar-refractivity contribution in [2.75, 3.05) is 126 Å². The largest absolute Gasteiger partial charge is 0.499 e. The van der Waals surface area contributed by atoms with Crippen molar-refractivity contribution in [3.8, 4) is 37.0 Å². The maximum absolute atomic E-state index is 12.9. The average Bonchev–Trinajstić information content (AvgIpc) is 3.25. The third-order valence-corrected chi connectivity index (χ3v) is 6.90. The summed E-state index contributed by atoms with van der Waals surface area (Å²) in [4.78, 5) is 11.2. The number of carbonyl (C=O) groups is 1. The molecule has 0 N–H and O–H groups in total. The smallest absolute Gasteiger partial charge is 0.273 e. The fraction of sp³-hybridized carbons (Fsp3) is 0.784. The van der Waals surface area contributed by atoms with E-state index in [9.17, 15) is 13.6 Å². The number of halogens is 2. The first-order valence-corrected chi connectivity index (χ1v) is 22.7. The highest BCUT2D eigenvalue weighted by Crippen LogP contribution is 2.23. The summed E-state index contributed by atoms with van der Waals surface area (Å²) in [5, 5.41) is 0. The van der Waals surface area contributed by atoms with Crippen molar-refractivity contribution in [2.24, 2.45) is 11.8 Å². The topological polar surface area (TPSA) is 128 Å². The zero-order valence-corrected chi connectivity index (χ0v) is 43.5. The lowest BCUT2D eigenvalue weighted by atomic mass is 10.1. The highest BCUT2D eigenvalue weighted by atomic mass is 19.3. The quantitative estimate of drug-likeness (QED) is 0.0257. The Hall–Kier alpha value is -2.95. The third-order valence-electron chi connectivity index (χ3n) is 6.90. The Bertz CT molecular complexity index is 1110. The van der Waals surface area contributed by atoms with Crippen LogP contribution in [-0.4, -0.2) is 162 Å². The molecular formula is C51H94F2O13. The first kappa shape index (κ1) is 74.6. The molecule has 13 nitrogen and oxygen atoms in total. The zero-order valence-electron chi connectivity index (χ0n) is 43.5. The molecular weight excluding hydrogens is 859 g/mol. The number of methoxy groups -OCH3 is 1. The number of Topliss-reactive ketones (excluding diaryl/α,β-unsaturated/α-hetero) is 1. The summed E-state index contributed by atoms with van der Waals surface area (Å²) in [6.45, 7) is 37.8. The van der Waals surface area contributed by atoms with E-state index in [0.29, 0.717) is 123 Å². The van der Waals surface area contributed by atoms with Gasteiger partial charge in [-0.3, -0.25) is 4.79 Å². The number of alkyl halides is 2. The van der Waals surface area contributed by atoms with E-state index in [-0.39, 0.29) is 31.8 Å². The minimum Gasteiger partial charge on any atom is -0.499 e. The molecule has 0 aliphatic carbocycles. The van der Waals surface area contributed by atoms with E-state index >= 15 is 0 Å². The molecule has 0 heterocycles. The normalized spacial score (nSPS) is 10.5. The molecule has 66 heavy (non-hydrogen) atoms. The van der Waals surface area contributed by atoms with Crippen molar-refractivity contribution < 1.29 is 70.4 Å². The Kier molecular flexibility index (Phi) is 70.1. The molecule has 0 rings (SSSR count). The minimum absolute atomic E-state index is 0.129. The van der Waals surface area contributed by atoms with E-state index in [2.05, 4.69) is 30.9 Å². The predicted octanol–water partition coefficient (Wildman–Crippen LogP) is 8.91. The molecule has 0 unspecified atom stereocenters. The van der Waals surface area contributed by atoms with E-state index in [1.54, 1.807) is 13.2 Å². The van der Waals surface area contributed by atoms with E-state index in [0.717, 1.165) is 6.42 Å². The molecule has 0 aromatic rings. The molecule has 0 saturated carbocycles. The van der Waals surface area contributed by atoms with Crippen molar-refractivity contribution in [1.29, 1.82) is 0 Å². The average molecular weight is 953 g/mol. The summed E-state index contributed by atoms with van der Waals surface area (Å²) in [6, 6.07) is 0. The van der Waals surface area contributed by atoms with Crippen LogP contribution in [0.3, 0.4) is 0 Å². The van der Waals surface area contributed by atoms with Gasteiger partial charge in [-0.15, -0.1) is 25.8 Å². The Morgan fingerprint density at radius 3 is 1.29 bits per heavy atom. The summed E-state index contributed by atoms with van der Waals surface area (Å²) in [7, 11) is 1.67. The standard InChI is InChI=1S/C12H20O3.C10H16F2O2.C8H16O2.C8H14O2.C7H14O2.C6H14O2/c1-4-7-14-9-10-15-8-5-6-12(13)11(2)3;1-4-5-13-6-7-14-8-10(11,12)9(2)3;2*1-4-5-9-6-7-10-8(2)3;1-4-8-5-6-9-7(2)3;1-6(2)8-5-4-7-3/h1,11H,5-10H2,2-3H3;1,9H,5-8H2,2-3H3;4,8H,1,5-7H2,2-3H3;1,8H,5-7H2,2-3H3;4,7H,1,5-6H2,2-3H3;6H,4-5H2,1-3H3. The van der Waals surface area contributed by atoms with Crippen LogP contribution in [0.4, 0.5) is 8.78 Å². The molecule has 0 aromatic heterocycles. The monoisotopic (exact) mass is 953 g/mol. The number of carbonyl (C=O) groups excluding carboxylic acids is 1. The van der Waals surface area contributed by atoms with Crippen LogP contribution in [0.25, 0.3) is 0 Å². The lowest BCUT2D eigenvalue weighted by molar-refractivity contribution is -0.122. The second-order valence-electron chi connectivity index (χ2n) is 15.1. The van der Waals surface area contributed by atoms with E-state index in [4.69, 9.17) is 76.1 Å². The maximum Gasteiger partial charge on any atom is 0.273 e.